The van der Waals surface area contributed by atoms with Crippen molar-refractivity contribution in [3.63, 3.8) is 0 Å². The first-order valence-corrected chi connectivity index (χ1v) is 10.1. The lowest BCUT2D eigenvalue weighted by molar-refractivity contribution is 0.290. The number of aliphatic hydroxyl groups excluding tert-OH is 1. The Bertz CT molecular complexity index is 1120. The first-order chi connectivity index (χ1) is 14.3. The van der Waals surface area contributed by atoms with Crippen molar-refractivity contribution in [1.82, 2.24) is 19.7 Å². The van der Waals surface area contributed by atoms with Crippen LogP contribution in [0.15, 0.2) is 72.1 Å². The molecule has 0 unspecified atom stereocenters. The smallest absolute Gasteiger partial charge is 0.138 e. The van der Waals surface area contributed by atoms with E-state index in [0.717, 1.165) is 38.1 Å². The van der Waals surface area contributed by atoms with Crippen molar-refractivity contribution in [2.24, 2.45) is 0 Å². The molecule has 0 saturated heterocycles. The molecule has 1 aromatic carbocycles. The van der Waals surface area contributed by atoms with E-state index in [1.807, 2.05) is 42.6 Å². The predicted molar refractivity (Wildman–Crippen MR) is 118 cm³/mol. The second kappa shape index (κ2) is 9.00. The molecular formula is C22H21N5OS. The molecule has 0 atom stereocenters. The van der Waals surface area contributed by atoms with Gasteiger partial charge in [-0.1, -0.05) is 6.07 Å². The van der Waals surface area contributed by atoms with Gasteiger partial charge in [-0.15, -0.1) is 0 Å². The summed E-state index contributed by atoms with van der Waals surface area (Å²) in [7, 11) is 0. The van der Waals surface area contributed by atoms with E-state index in [-0.39, 0.29) is 6.61 Å². The van der Waals surface area contributed by atoms with Gasteiger partial charge in [-0.25, -0.2) is 4.98 Å². The lowest BCUT2D eigenvalue weighted by Crippen LogP contribution is -2.08. The van der Waals surface area contributed by atoms with Crippen molar-refractivity contribution in [3.8, 4) is 22.3 Å². The molecular weight excluding hydrogens is 382 g/mol. The molecule has 0 aliphatic rings. The van der Waals surface area contributed by atoms with Gasteiger partial charge < -0.3 is 10.8 Å². The van der Waals surface area contributed by atoms with Crippen LogP contribution in [0.4, 0.5) is 5.82 Å². The van der Waals surface area contributed by atoms with Gasteiger partial charge in [0.2, 0.25) is 0 Å². The van der Waals surface area contributed by atoms with E-state index in [0.29, 0.717) is 18.8 Å². The largest absolute Gasteiger partial charge is 0.396 e. The van der Waals surface area contributed by atoms with Gasteiger partial charge in [-0.05, 0) is 71.5 Å². The fourth-order valence-electron chi connectivity index (χ4n) is 3.08. The summed E-state index contributed by atoms with van der Waals surface area (Å²) in [6, 6.07) is 14.3. The molecule has 3 aromatic heterocycles. The van der Waals surface area contributed by atoms with Crippen molar-refractivity contribution in [1.29, 1.82) is 0 Å². The number of nitrogens with one attached hydrogen (secondary N) is 1. The van der Waals surface area contributed by atoms with Gasteiger partial charge in [0.15, 0.2) is 0 Å². The van der Waals surface area contributed by atoms with Crippen LogP contribution in [0.2, 0.25) is 0 Å². The van der Waals surface area contributed by atoms with Crippen molar-refractivity contribution < 1.29 is 5.11 Å². The number of fused-ring (bicyclic) bond motifs is 1. The van der Waals surface area contributed by atoms with E-state index < -0.39 is 0 Å². The van der Waals surface area contributed by atoms with Crippen molar-refractivity contribution >= 4 is 28.7 Å². The number of rotatable bonds is 7. The van der Waals surface area contributed by atoms with Gasteiger partial charge in [0.1, 0.15) is 5.82 Å². The highest BCUT2D eigenvalue weighted by atomic mass is 32.2. The van der Waals surface area contributed by atoms with Crippen LogP contribution in [0.25, 0.3) is 33.2 Å². The molecule has 0 aliphatic carbocycles. The standard InChI is InChI=1S/C22H21N5OS/c23-22-21(29-27-7-1-11-28)13-17(14-26-22)16-2-3-20-19(12-16)18(6-10-25-20)15-4-8-24-9-5-15/h2-6,8-10,12-14,27-28H,1,7,11H2,(H2,23,26). The van der Waals surface area contributed by atoms with Crippen molar-refractivity contribution in [2.45, 2.75) is 11.3 Å². The van der Waals surface area contributed by atoms with Gasteiger partial charge in [0, 0.05) is 48.9 Å². The maximum absolute atomic E-state index is 8.91. The first kappa shape index (κ1) is 19.3. The summed E-state index contributed by atoms with van der Waals surface area (Å²) >= 11 is 1.43. The molecule has 0 aliphatic heterocycles. The van der Waals surface area contributed by atoms with E-state index in [2.05, 4.69) is 25.7 Å². The highest BCUT2D eigenvalue weighted by Gasteiger charge is 2.09. The first-order valence-electron chi connectivity index (χ1n) is 9.32. The number of aromatic nitrogens is 3. The maximum Gasteiger partial charge on any atom is 0.138 e. The fraction of sp³-hybridized carbons (Fsp3) is 0.136. The molecule has 0 fully saturated rings. The minimum absolute atomic E-state index is 0.159. The normalized spacial score (nSPS) is 11.1. The molecule has 3 heterocycles. The maximum atomic E-state index is 8.91. The Morgan fingerprint density at radius 1 is 0.931 bits per heavy atom. The molecule has 0 bridgehead atoms. The van der Waals surface area contributed by atoms with Crippen LogP contribution in [0, 0.1) is 0 Å². The number of nitrogen functional groups attached to an aromatic ring is 1. The molecule has 4 aromatic rings. The molecule has 0 amide bonds. The Labute approximate surface area is 173 Å². The van der Waals surface area contributed by atoms with E-state index in [4.69, 9.17) is 10.8 Å². The second-order valence-corrected chi connectivity index (χ2v) is 7.44. The number of aliphatic hydroxyl groups is 1. The number of benzene rings is 1. The molecule has 6 nitrogen and oxygen atoms in total. The Balaban J connectivity index is 1.71. The van der Waals surface area contributed by atoms with E-state index in [9.17, 15) is 0 Å². The zero-order valence-electron chi connectivity index (χ0n) is 15.7. The van der Waals surface area contributed by atoms with Crippen LogP contribution in [0.3, 0.4) is 0 Å². The number of nitrogens with zero attached hydrogens (tertiary/aromatic N) is 3. The van der Waals surface area contributed by atoms with Crippen molar-refractivity contribution in [2.75, 3.05) is 18.9 Å². The molecule has 0 saturated carbocycles. The second-order valence-electron chi connectivity index (χ2n) is 6.51. The van der Waals surface area contributed by atoms with E-state index in [1.54, 1.807) is 18.6 Å². The van der Waals surface area contributed by atoms with Crippen LogP contribution in [0.1, 0.15) is 6.42 Å². The summed E-state index contributed by atoms with van der Waals surface area (Å²) in [5.41, 5.74) is 11.2. The summed E-state index contributed by atoms with van der Waals surface area (Å²) in [6.45, 7) is 0.855. The molecule has 4 N–H and O–H groups in total. The number of hydrogen-bond acceptors (Lipinski definition) is 7. The van der Waals surface area contributed by atoms with Crippen LogP contribution in [-0.2, 0) is 0 Å². The summed E-state index contributed by atoms with van der Waals surface area (Å²) in [6.07, 6.45) is 7.90. The monoisotopic (exact) mass is 403 g/mol. The van der Waals surface area contributed by atoms with Crippen LogP contribution < -0.4 is 10.5 Å². The quantitative estimate of drug-likeness (QED) is 0.318. The van der Waals surface area contributed by atoms with Gasteiger partial charge in [0.05, 0.1) is 10.4 Å². The highest BCUT2D eigenvalue weighted by Crippen LogP contribution is 2.32. The molecule has 0 spiro atoms. The topological polar surface area (TPSA) is 97.0 Å². The molecule has 7 heteroatoms. The van der Waals surface area contributed by atoms with Gasteiger partial charge >= 0.3 is 0 Å². The number of pyridine rings is 3. The Kier molecular flexibility index (Phi) is 6.00. The average Bonchev–Trinajstić information content (AvgIpc) is 2.77. The third-order valence-corrected chi connectivity index (χ3v) is 5.46. The van der Waals surface area contributed by atoms with Crippen LogP contribution >= 0.6 is 11.9 Å². The fourth-order valence-corrected chi connectivity index (χ4v) is 3.83. The average molecular weight is 404 g/mol. The van der Waals surface area contributed by atoms with E-state index >= 15 is 0 Å². The highest BCUT2D eigenvalue weighted by molar-refractivity contribution is 7.97. The van der Waals surface area contributed by atoms with Gasteiger partial charge in [-0.2, -0.15) is 0 Å². The Morgan fingerprint density at radius 3 is 2.62 bits per heavy atom. The van der Waals surface area contributed by atoms with Crippen molar-refractivity contribution in [3.05, 3.63) is 67.3 Å². The minimum Gasteiger partial charge on any atom is -0.396 e. The molecule has 29 heavy (non-hydrogen) atoms. The lowest BCUT2D eigenvalue weighted by atomic mass is 9.98. The van der Waals surface area contributed by atoms with E-state index in [1.165, 1.54) is 11.9 Å². The number of nitrogens with two attached hydrogens (primary N) is 1. The Hall–Kier alpha value is -3.00. The molecule has 0 radical (unpaired) electrons. The summed E-state index contributed by atoms with van der Waals surface area (Å²) in [4.78, 5) is 13.8. The third-order valence-electron chi connectivity index (χ3n) is 4.57. The Morgan fingerprint density at radius 2 is 1.79 bits per heavy atom. The van der Waals surface area contributed by atoms with Crippen LogP contribution in [-0.4, -0.2) is 33.2 Å². The van der Waals surface area contributed by atoms with Gasteiger partial charge in [-0.3, -0.25) is 14.7 Å². The third kappa shape index (κ3) is 4.37. The summed E-state index contributed by atoms with van der Waals surface area (Å²) < 4.78 is 3.20. The van der Waals surface area contributed by atoms with Gasteiger partial charge in [0.25, 0.3) is 0 Å². The number of anilines is 1. The SMILES string of the molecule is Nc1ncc(-c2ccc3nccc(-c4ccncc4)c3c2)cc1SNCCCO. The number of hydrogen-bond donors (Lipinski definition) is 3. The summed E-state index contributed by atoms with van der Waals surface area (Å²) in [5.74, 6) is 0.482. The lowest BCUT2D eigenvalue weighted by Gasteiger charge is -2.11. The van der Waals surface area contributed by atoms with Crippen LogP contribution in [0.5, 0.6) is 0 Å². The zero-order chi connectivity index (χ0) is 20.1. The molecule has 4 rings (SSSR count). The minimum atomic E-state index is 0.159. The zero-order valence-corrected chi connectivity index (χ0v) is 16.6. The predicted octanol–water partition coefficient (Wildman–Crippen LogP) is 3.92. The molecule has 146 valence electrons. The summed E-state index contributed by atoms with van der Waals surface area (Å²) in [5, 5.41) is 9.98.